The Balaban J connectivity index is 2.45. The van der Waals surface area contributed by atoms with Crippen LogP contribution < -0.4 is 0 Å². The Labute approximate surface area is 130 Å². The Bertz CT molecular complexity index is 545. The van der Waals surface area contributed by atoms with Crippen LogP contribution in [0.2, 0.25) is 0 Å². The molecule has 1 fully saturated rings. The summed E-state index contributed by atoms with van der Waals surface area (Å²) in [4.78, 5) is 23.4. The predicted molar refractivity (Wildman–Crippen MR) is 77.7 cm³/mol. The van der Waals surface area contributed by atoms with Crippen molar-refractivity contribution in [1.29, 1.82) is 0 Å². The van der Waals surface area contributed by atoms with E-state index in [0.717, 1.165) is 17.1 Å². The number of alkyl halides is 1. The molecule has 0 unspecified atom stereocenters. The molecule has 0 spiro atoms. The number of benzene rings is 1. The lowest BCUT2D eigenvalue weighted by atomic mass is 9.67. The minimum absolute atomic E-state index is 0.171. The monoisotopic (exact) mass is 358 g/mol. The molecule has 0 amide bonds. The maximum Gasteiger partial charge on any atom is 0.342 e. The van der Waals surface area contributed by atoms with Crippen molar-refractivity contribution in [2.75, 3.05) is 7.11 Å². The molecule has 0 heterocycles. The molecular formula is C15H16BrFO4. The van der Waals surface area contributed by atoms with E-state index in [1.807, 2.05) is 0 Å². The second kappa shape index (κ2) is 6.13. The van der Waals surface area contributed by atoms with Crippen molar-refractivity contribution < 1.29 is 23.8 Å². The van der Waals surface area contributed by atoms with Gasteiger partial charge in [-0.25, -0.2) is 9.18 Å². The number of ether oxygens (including phenoxy) is 1. The van der Waals surface area contributed by atoms with E-state index >= 15 is 0 Å². The zero-order chi connectivity index (χ0) is 15.6. The summed E-state index contributed by atoms with van der Waals surface area (Å²) in [5, 5.41) is 9.23. The topological polar surface area (TPSA) is 63.6 Å². The fourth-order valence-electron chi connectivity index (χ4n) is 3.01. The molecule has 0 radical (unpaired) electrons. The Hall–Kier alpha value is -1.43. The minimum Gasteiger partial charge on any atom is -0.479 e. The van der Waals surface area contributed by atoms with Gasteiger partial charge in [0.2, 0.25) is 5.67 Å². The van der Waals surface area contributed by atoms with Gasteiger partial charge in [-0.1, -0.05) is 28.1 Å². The molecule has 2 rings (SSSR count). The first-order chi connectivity index (χ1) is 9.90. The number of hydrogen-bond donors (Lipinski definition) is 1. The van der Waals surface area contributed by atoms with Crippen LogP contribution in [-0.2, 0) is 14.3 Å². The molecule has 1 aliphatic carbocycles. The fraction of sp³-hybridized carbons (Fsp3) is 0.467. The van der Waals surface area contributed by atoms with Crippen LogP contribution in [0.1, 0.15) is 30.7 Å². The summed E-state index contributed by atoms with van der Waals surface area (Å²) >= 11 is 3.31. The molecular weight excluding hydrogens is 343 g/mol. The average Bonchev–Trinajstić information content (AvgIpc) is 2.47. The highest BCUT2D eigenvalue weighted by Crippen LogP contribution is 2.46. The predicted octanol–water partition coefficient (Wildman–Crippen LogP) is 3.30. The zero-order valence-corrected chi connectivity index (χ0v) is 13.1. The molecule has 0 aliphatic heterocycles. The number of methoxy groups -OCH3 is 1. The number of carboxylic acid groups (broad SMARTS) is 1. The molecule has 3 atom stereocenters. The highest BCUT2D eigenvalue weighted by atomic mass is 79.9. The van der Waals surface area contributed by atoms with Crippen molar-refractivity contribution in [1.82, 2.24) is 0 Å². The summed E-state index contributed by atoms with van der Waals surface area (Å²) in [7, 11) is 1.15. The highest BCUT2D eigenvalue weighted by Gasteiger charge is 2.56. The van der Waals surface area contributed by atoms with Gasteiger partial charge in [-0.15, -0.1) is 0 Å². The third-order valence-electron chi connectivity index (χ3n) is 4.06. The molecule has 1 aromatic rings. The Morgan fingerprint density at radius 2 is 2.00 bits per heavy atom. The molecule has 6 heteroatoms. The number of carbonyl (C=O) groups is 2. The molecule has 21 heavy (non-hydrogen) atoms. The number of aliphatic carboxylic acids is 1. The smallest absolute Gasteiger partial charge is 0.342 e. The maximum absolute atomic E-state index is 14.9. The van der Waals surface area contributed by atoms with Crippen LogP contribution in [0.4, 0.5) is 4.39 Å². The van der Waals surface area contributed by atoms with Crippen LogP contribution in [0.15, 0.2) is 28.7 Å². The van der Waals surface area contributed by atoms with Gasteiger partial charge in [-0.05, 0) is 37.0 Å². The SMILES string of the molecule is COC(=O)[C@H]1[C@H](c2ccc(Br)cc2)CCC[C@]1(F)C(=O)O. The quantitative estimate of drug-likeness (QED) is 0.842. The number of carbonyl (C=O) groups excluding carboxylic acids is 1. The van der Waals surface area contributed by atoms with E-state index in [1.165, 1.54) is 0 Å². The van der Waals surface area contributed by atoms with Gasteiger partial charge in [0.15, 0.2) is 0 Å². The Kier molecular flexibility index (Phi) is 4.66. The van der Waals surface area contributed by atoms with Gasteiger partial charge < -0.3 is 9.84 Å². The second-order valence-electron chi connectivity index (χ2n) is 5.22. The van der Waals surface area contributed by atoms with Crippen LogP contribution in [0.3, 0.4) is 0 Å². The van der Waals surface area contributed by atoms with Gasteiger partial charge in [0, 0.05) is 10.4 Å². The number of esters is 1. The van der Waals surface area contributed by atoms with Gasteiger partial charge in [-0.3, -0.25) is 4.79 Å². The van der Waals surface area contributed by atoms with Crippen molar-refractivity contribution in [3.8, 4) is 0 Å². The van der Waals surface area contributed by atoms with E-state index in [2.05, 4.69) is 20.7 Å². The average molecular weight is 359 g/mol. The molecule has 4 nitrogen and oxygen atoms in total. The largest absolute Gasteiger partial charge is 0.479 e. The van der Waals surface area contributed by atoms with Crippen LogP contribution >= 0.6 is 15.9 Å². The van der Waals surface area contributed by atoms with E-state index in [1.54, 1.807) is 24.3 Å². The Morgan fingerprint density at radius 3 is 2.52 bits per heavy atom. The lowest BCUT2D eigenvalue weighted by molar-refractivity contribution is -0.171. The van der Waals surface area contributed by atoms with E-state index in [4.69, 9.17) is 0 Å². The van der Waals surface area contributed by atoms with Gasteiger partial charge >= 0.3 is 11.9 Å². The highest BCUT2D eigenvalue weighted by molar-refractivity contribution is 9.10. The second-order valence-corrected chi connectivity index (χ2v) is 6.13. The standard InChI is InChI=1S/C15H16BrFO4/c1-21-13(18)12-11(9-4-6-10(16)7-5-9)3-2-8-15(12,17)14(19)20/h4-7,11-12H,2-3,8H2,1H3,(H,19,20)/t11-,12+,15+/m0/s1. The lowest BCUT2D eigenvalue weighted by Crippen LogP contribution is -2.51. The van der Waals surface area contributed by atoms with Crippen molar-refractivity contribution in [2.24, 2.45) is 5.92 Å². The van der Waals surface area contributed by atoms with Crippen LogP contribution in [-0.4, -0.2) is 29.8 Å². The third-order valence-corrected chi connectivity index (χ3v) is 4.59. The summed E-state index contributed by atoms with van der Waals surface area (Å²) in [5.74, 6) is -4.23. The fourth-order valence-corrected chi connectivity index (χ4v) is 3.27. The normalized spacial score (nSPS) is 28.9. The van der Waals surface area contributed by atoms with Crippen LogP contribution in [0, 0.1) is 5.92 Å². The zero-order valence-electron chi connectivity index (χ0n) is 11.5. The molecule has 1 N–H and O–H groups in total. The van der Waals surface area contributed by atoms with Crippen molar-refractivity contribution >= 4 is 27.9 Å². The minimum atomic E-state index is -2.58. The van der Waals surface area contributed by atoms with Crippen molar-refractivity contribution in [3.05, 3.63) is 34.3 Å². The summed E-state index contributed by atoms with van der Waals surface area (Å²) in [6.07, 6.45) is 0.798. The molecule has 114 valence electrons. The summed E-state index contributed by atoms with van der Waals surface area (Å²) in [6, 6.07) is 7.13. The van der Waals surface area contributed by atoms with Crippen molar-refractivity contribution in [2.45, 2.75) is 30.8 Å². The first-order valence-electron chi connectivity index (χ1n) is 6.65. The van der Waals surface area contributed by atoms with Crippen LogP contribution in [0.5, 0.6) is 0 Å². The molecule has 1 aliphatic rings. The lowest BCUT2D eigenvalue weighted by Gasteiger charge is -2.38. The van der Waals surface area contributed by atoms with Gasteiger partial charge in [0.25, 0.3) is 0 Å². The number of halogens is 2. The molecule has 1 aromatic carbocycles. The summed E-state index contributed by atoms with van der Waals surface area (Å²) < 4.78 is 20.4. The number of rotatable bonds is 3. The van der Waals surface area contributed by atoms with E-state index in [9.17, 15) is 19.1 Å². The Morgan fingerprint density at radius 1 is 1.38 bits per heavy atom. The van der Waals surface area contributed by atoms with Gasteiger partial charge in [-0.2, -0.15) is 0 Å². The summed E-state index contributed by atoms with van der Waals surface area (Å²) in [5.41, 5.74) is -1.83. The van der Waals surface area contributed by atoms with Crippen molar-refractivity contribution in [3.63, 3.8) is 0 Å². The van der Waals surface area contributed by atoms with Gasteiger partial charge in [0.05, 0.1) is 7.11 Å². The first kappa shape index (κ1) is 15.9. The first-order valence-corrected chi connectivity index (χ1v) is 7.45. The molecule has 0 aromatic heterocycles. The van der Waals surface area contributed by atoms with Gasteiger partial charge in [0.1, 0.15) is 5.92 Å². The number of carboxylic acids is 1. The van der Waals surface area contributed by atoms with E-state index < -0.39 is 29.4 Å². The molecule has 0 bridgehead atoms. The summed E-state index contributed by atoms with van der Waals surface area (Å²) in [6.45, 7) is 0. The van der Waals surface area contributed by atoms with E-state index in [0.29, 0.717) is 12.8 Å². The molecule has 1 saturated carbocycles. The third kappa shape index (κ3) is 2.95. The molecule has 0 saturated heterocycles. The maximum atomic E-state index is 14.9. The van der Waals surface area contributed by atoms with E-state index in [-0.39, 0.29) is 6.42 Å². The van der Waals surface area contributed by atoms with Crippen LogP contribution in [0.25, 0.3) is 0 Å². The number of hydrogen-bond acceptors (Lipinski definition) is 3.